The summed E-state index contributed by atoms with van der Waals surface area (Å²) in [6.07, 6.45) is 0.215. The number of aliphatic hydroxyl groups excluding tert-OH is 1. The molecule has 0 aromatic rings. The molecular formula is C5H12Cl2O2. The Balaban J connectivity index is 0. The van der Waals surface area contributed by atoms with Crippen molar-refractivity contribution in [1.82, 2.24) is 0 Å². The highest BCUT2D eigenvalue weighted by atomic mass is 35.5. The summed E-state index contributed by atoms with van der Waals surface area (Å²) in [6, 6.07) is 0. The van der Waals surface area contributed by atoms with Crippen LogP contribution >= 0.6 is 23.2 Å². The van der Waals surface area contributed by atoms with E-state index in [1.165, 1.54) is 0 Å². The third-order valence-electron chi connectivity index (χ3n) is 0.547. The summed E-state index contributed by atoms with van der Waals surface area (Å²) in [4.78, 5) is 0. The number of halogens is 2. The lowest BCUT2D eigenvalue weighted by molar-refractivity contribution is -0.0453. The second-order valence-corrected chi connectivity index (χ2v) is 2.18. The molecule has 0 unspecified atom stereocenters. The highest BCUT2D eigenvalue weighted by molar-refractivity contribution is 6.40. The van der Waals surface area contributed by atoms with Gasteiger partial charge in [-0.1, -0.05) is 13.3 Å². The normalized spacial score (nSPS) is 8.67. The molecule has 0 amide bonds. The van der Waals surface area contributed by atoms with Crippen molar-refractivity contribution >= 4 is 23.2 Å². The van der Waals surface area contributed by atoms with Gasteiger partial charge in [-0.15, -0.1) is 23.2 Å². The molecule has 0 aliphatic heterocycles. The van der Waals surface area contributed by atoms with Gasteiger partial charge in [0.2, 0.25) is 0 Å². The first-order valence-corrected chi connectivity index (χ1v) is 3.74. The molecule has 4 heteroatoms. The van der Waals surface area contributed by atoms with E-state index in [1.807, 2.05) is 6.92 Å². The average molecular weight is 175 g/mol. The van der Waals surface area contributed by atoms with Gasteiger partial charge in [0.1, 0.15) is 0 Å². The predicted molar refractivity (Wildman–Crippen MR) is 39.7 cm³/mol. The van der Waals surface area contributed by atoms with E-state index in [-0.39, 0.29) is 5.34 Å². The van der Waals surface area contributed by atoms with Gasteiger partial charge in [0, 0.05) is 0 Å². The van der Waals surface area contributed by atoms with Crippen LogP contribution in [0.1, 0.15) is 19.8 Å². The van der Waals surface area contributed by atoms with Crippen molar-refractivity contribution in [3.05, 3.63) is 0 Å². The molecule has 0 aliphatic carbocycles. The van der Waals surface area contributed by atoms with Gasteiger partial charge in [-0.25, -0.2) is 0 Å². The first-order chi connectivity index (χ1) is 4.18. The average Bonchev–Trinajstić information content (AvgIpc) is 1.67. The largest absolute Gasteiger partial charge is 0.368 e. The molecule has 58 valence electrons. The molecule has 9 heavy (non-hydrogen) atoms. The third kappa shape index (κ3) is 29.3. The highest BCUT2D eigenvalue weighted by Crippen LogP contribution is 1.88. The zero-order chi connectivity index (χ0) is 7.70. The van der Waals surface area contributed by atoms with E-state index >= 15 is 0 Å². The molecular weight excluding hydrogens is 163 g/mol. The smallest absolute Gasteiger partial charge is 0.151 e. The molecule has 2 N–H and O–H groups in total. The van der Waals surface area contributed by atoms with Crippen LogP contribution < -0.4 is 0 Å². The van der Waals surface area contributed by atoms with Crippen LogP contribution in [-0.4, -0.2) is 21.8 Å². The quantitative estimate of drug-likeness (QED) is 0.493. The minimum Gasteiger partial charge on any atom is -0.368 e. The lowest BCUT2D eigenvalue weighted by Gasteiger charge is -1.94. The van der Waals surface area contributed by atoms with Crippen LogP contribution in [0.2, 0.25) is 0 Å². The Bertz CT molecular complexity index is 41.9. The molecule has 0 rings (SSSR count). The Labute approximate surface area is 65.4 Å². The maximum Gasteiger partial charge on any atom is 0.151 e. The maximum absolute atomic E-state index is 8.11. The fourth-order valence-corrected chi connectivity index (χ4v) is 0.258. The lowest BCUT2D eigenvalue weighted by atomic mass is 10.3. The molecule has 0 radical (unpaired) electrons. The minimum atomic E-state index is -1.10. The highest BCUT2D eigenvalue weighted by Gasteiger charge is 1.89. The van der Waals surface area contributed by atoms with Gasteiger partial charge in [0.05, 0.1) is 5.34 Å². The molecule has 0 aromatic carbocycles. The molecule has 0 bridgehead atoms. The van der Waals surface area contributed by atoms with Crippen molar-refractivity contribution in [2.45, 2.75) is 26.1 Å². The topological polar surface area (TPSA) is 40.5 Å². The van der Waals surface area contributed by atoms with Gasteiger partial charge in [-0.2, -0.15) is 0 Å². The van der Waals surface area contributed by atoms with E-state index in [9.17, 15) is 0 Å². The number of rotatable bonds is 2. The summed E-state index contributed by atoms with van der Waals surface area (Å²) in [5.41, 5.74) is 0. The van der Waals surface area contributed by atoms with Crippen LogP contribution in [0.3, 0.4) is 0 Å². The standard InChI is InChI=1S/C4H10O2.CH2Cl2/c1-2-3-4(5)6;2-1-3/h4-6H,2-3H2,1H3;1H2. The van der Waals surface area contributed by atoms with E-state index < -0.39 is 6.29 Å². The summed E-state index contributed by atoms with van der Waals surface area (Å²) in [6.45, 7) is 1.90. The second-order valence-electron chi connectivity index (χ2n) is 1.37. The van der Waals surface area contributed by atoms with Gasteiger partial charge in [0.15, 0.2) is 6.29 Å². The Morgan fingerprint density at radius 1 is 1.33 bits per heavy atom. The molecule has 0 aromatic heterocycles. The molecule has 0 aliphatic rings. The van der Waals surface area contributed by atoms with E-state index in [0.29, 0.717) is 6.42 Å². The van der Waals surface area contributed by atoms with Crippen LogP contribution in [0.15, 0.2) is 0 Å². The Morgan fingerprint density at radius 2 is 1.67 bits per heavy atom. The summed E-state index contributed by atoms with van der Waals surface area (Å²) in [7, 11) is 0. The first kappa shape index (κ1) is 12.2. The maximum atomic E-state index is 8.11. The number of hydrogen-bond donors (Lipinski definition) is 2. The van der Waals surface area contributed by atoms with Gasteiger partial charge >= 0.3 is 0 Å². The minimum absolute atomic E-state index is 0.194. The Hall–Kier alpha value is 0.500. The Kier molecular flexibility index (Phi) is 15.3. The van der Waals surface area contributed by atoms with Crippen molar-refractivity contribution in [3.8, 4) is 0 Å². The molecule has 0 fully saturated rings. The molecule has 2 nitrogen and oxygen atoms in total. The fraction of sp³-hybridized carbons (Fsp3) is 1.00. The number of hydrogen-bond acceptors (Lipinski definition) is 2. The van der Waals surface area contributed by atoms with Crippen molar-refractivity contribution < 1.29 is 10.2 Å². The van der Waals surface area contributed by atoms with Crippen LogP contribution in [0, 0.1) is 0 Å². The summed E-state index contributed by atoms with van der Waals surface area (Å²) < 4.78 is 0. The predicted octanol–water partition coefficient (Wildman–Crippen LogP) is 1.52. The number of alkyl halides is 2. The molecule has 0 atom stereocenters. The summed E-state index contributed by atoms with van der Waals surface area (Å²) in [5.74, 6) is 0. The van der Waals surface area contributed by atoms with Crippen molar-refractivity contribution in [2.24, 2.45) is 0 Å². The van der Waals surface area contributed by atoms with Gasteiger partial charge < -0.3 is 10.2 Å². The van der Waals surface area contributed by atoms with Gasteiger partial charge in [-0.3, -0.25) is 0 Å². The van der Waals surface area contributed by atoms with Crippen molar-refractivity contribution in [3.63, 3.8) is 0 Å². The second kappa shape index (κ2) is 11.3. The van der Waals surface area contributed by atoms with E-state index in [2.05, 4.69) is 0 Å². The number of aliphatic hydroxyl groups is 2. The van der Waals surface area contributed by atoms with E-state index in [1.54, 1.807) is 0 Å². The van der Waals surface area contributed by atoms with Crippen molar-refractivity contribution in [1.29, 1.82) is 0 Å². The van der Waals surface area contributed by atoms with Gasteiger partial charge in [0.25, 0.3) is 0 Å². The zero-order valence-electron chi connectivity index (χ0n) is 5.35. The summed E-state index contributed by atoms with van der Waals surface area (Å²) in [5, 5.41) is 16.4. The fourth-order valence-electron chi connectivity index (χ4n) is 0.258. The Morgan fingerprint density at radius 3 is 1.67 bits per heavy atom. The molecule has 0 heterocycles. The molecule has 0 saturated carbocycles. The van der Waals surface area contributed by atoms with E-state index in [0.717, 1.165) is 6.42 Å². The van der Waals surface area contributed by atoms with Crippen LogP contribution in [0.25, 0.3) is 0 Å². The van der Waals surface area contributed by atoms with Crippen molar-refractivity contribution in [2.75, 3.05) is 5.34 Å². The van der Waals surface area contributed by atoms with Crippen LogP contribution in [0.4, 0.5) is 0 Å². The monoisotopic (exact) mass is 174 g/mol. The van der Waals surface area contributed by atoms with Crippen LogP contribution in [-0.2, 0) is 0 Å². The van der Waals surface area contributed by atoms with E-state index in [4.69, 9.17) is 33.4 Å². The third-order valence-corrected chi connectivity index (χ3v) is 0.547. The SMILES string of the molecule is CCCC(O)O.ClCCl. The molecule has 0 spiro atoms. The lowest BCUT2D eigenvalue weighted by Crippen LogP contribution is -2.01. The van der Waals surface area contributed by atoms with Gasteiger partial charge in [-0.05, 0) is 6.42 Å². The molecule has 0 saturated heterocycles. The zero-order valence-corrected chi connectivity index (χ0v) is 6.86. The first-order valence-electron chi connectivity index (χ1n) is 2.67. The van der Waals surface area contributed by atoms with Crippen LogP contribution in [0.5, 0.6) is 0 Å². The summed E-state index contributed by atoms with van der Waals surface area (Å²) >= 11 is 9.53.